The number of aryl methyl sites for hydroxylation is 1. The number of rotatable bonds is 4. The second-order valence-corrected chi connectivity index (χ2v) is 9.35. The van der Waals surface area contributed by atoms with E-state index in [4.69, 9.17) is 4.74 Å². The summed E-state index contributed by atoms with van der Waals surface area (Å²) in [5, 5.41) is 0. The summed E-state index contributed by atoms with van der Waals surface area (Å²) in [4.78, 5) is 14.0. The first-order chi connectivity index (χ1) is 11.6. The summed E-state index contributed by atoms with van der Waals surface area (Å²) in [6, 6.07) is 6.86. The van der Waals surface area contributed by atoms with Crippen LogP contribution >= 0.6 is 0 Å². The molecule has 1 aliphatic heterocycles. The van der Waals surface area contributed by atoms with E-state index in [2.05, 4.69) is 4.72 Å². The van der Waals surface area contributed by atoms with Crippen molar-refractivity contribution in [3.8, 4) is 0 Å². The molecule has 1 aromatic rings. The van der Waals surface area contributed by atoms with E-state index in [1.165, 1.54) is 0 Å². The second kappa shape index (κ2) is 7.74. The van der Waals surface area contributed by atoms with Gasteiger partial charge in [0.2, 0.25) is 10.0 Å². The quantitative estimate of drug-likeness (QED) is 0.887. The van der Waals surface area contributed by atoms with Gasteiger partial charge in [-0.3, -0.25) is 0 Å². The van der Waals surface area contributed by atoms with Crippen LogP contribution in [0, 0.1) is 12.8 Å². The van der Waals surface area contributed by atoms with Gasteiger partial charge in [-0.05, 0) is 64.2 Å². The average Bonchev–Trinajstić information content (AvgIpc) is 2.52. The Labute approximate surface area is 150 Å². The number of nitrogens with zero attached hydrogens (tertiary/aromatic N) is 1. The van der Waals surface area contributed by atoms with E-state index < -0.39 is 15.6 Å². The van der Waals surface area contributed by atoms with Crippen LogP contribution in [0.5, 0.6) is 0 Å². The van der Waals surface area contributed by atoms with Crippen LogP contribution in [0.4, 0.5) is 4.79 Å². The Bertz CT molecular complexity index is 702. The number of likely N-dealkylation sites (tertiary alicyclic amines) is 1. The Balaban J connectivity index is 1.83. The van der Waals surface area contributed by atoms with Crippen LogP contribution in [-0.2, 0) is 14.8 Å². The average molecular weight is 368 g/mol. The second-order valence-electron chi connectivity index (χ2n) is 7.58. The van der Waals surface area contributed by atoms with Crippen molar-refractivity contribution in [1.29, 1.82) is 0 Å². The summed E-state index contributed by atoms with van der Waals surface area (Å²) in [7, 11) is -3.49. The maximum atomic E-state index is 12.4. The Morgan fingerprint density at radius 2 is 1.92 bits per heavy atom. The highest BCUT2D eigenvalue weighted by atomic mass is 32.2. The lowest BCUT2D eigenvalue weighted by molar-refractivity contribution is 0.0185. The maximum Gasteiger partial charge on any atom is 0.410 e. The number of ether oxygens (including phenoxy) is 1. The number of benzene rings is 1. The van der Waals surface area contributed by atoms with Gasteiger partial charge in [0.05, 0.1) is 4.90 Å². The number of piperidine rings is 1. The predicted molar refractivity (Wildman–Crippen MR) is 96.9 cm³/mol. The van der Waals surface area contributed by atoms with Gasteiger partial charge in [0.1, 0.15) is 5.60 Å². The molecule has 0 aliphatic carbocycles. The van der Waals surface area contributed by atoms with Crippen LogP contribution < -0.4 is 4.72 Å². The molecule has 6 nitrogen and oxygen atoms in total. The van der Waals surface area contributed by atoms with E-state index in [-0.39, 0.29) is 12.0 Å². The molecule has 1 aliphatic rings. The van der Waals surface area contributed by atoms with Crippen LogP contribution in [0.1, 0.15) is 39.2 Å². The molecular formula is C18H28N2O4S. The van der Waals surface area contributed by atoms with Gasteiger partial charge in [-0.1, -0.05) is 12.1 Å². The number of amides is 1. The van der Waals surface area contributed by atoms with E-state index in [1.807, 2.05) is 33.8 Å². The van der Waals surface area contributed by atoms with Crippen molar-refractivity contribution >= 4 is 16.1 Å². The molecule has 1 saturated heterocycles. The highest BCUT2D eigenvalue weighted by Gasteiger charge is 2.27. The molecule has 2 rings (SSSR count). The maximum absolute atomic E-state index is 12.4. The predicted octanol–water partition coefficient (Wildman–Crippen LogP) is 2.92. The topological polar surface area (TPSA) is 75.7 Å². The number of hydrogen-bond acceptors (Lipinski definition) is 4. The molecule has 1 heterocycles. The molecule has 0 bridgehead atoms. The van der Waals surface area contributed by atoms with E-state index in [0.29, 0.717) is 24.5 Å². The van der Waals surface area contributed by atoms with Crippen LogP contribution in [0.15, 0.2) is 29.2 Å². The van der Waals surface area contributed by atoms with Crippen LogP contribution in [0.2, 0.25) is 0 Å². The van der Waals surface area contributed by atoms with Gasteiger partial charge in [0.25, 0.3) is 0 Å². The van der Waals surface area contributed by atoms with Crippen molar-refractivity contribution < 1.29 is 17.9 Å². The van der Waals surface area contributed by atoms with Gasteiger partial charge in [-0.25, -0.2) is 17.9 Å². The molecule has 0 unspecified atom stereocenters. The van der Waals surface area contributed by atoms with Gasteiger partial charge in [0, 0.05) is 19.6 Å². The van der Waals surface area contributed by atoms with Gasteiger partial charge in [0.15, 0.2) is 0 Å². The van der Waals surface area contributed by atoms with Crippen molar-refractivity contribution in [2.45, 2.75) is 51.0 Å². The standard InChI is InChI=1S/C18H28N2O4S/c1-14-6-5-7-16(12-14)25(22,23)19-13-15-8-10-20(11-9-15)17(21)24-18(2,3)4/h5-7,12,15,19H,8-11,13H2,1-4H3. The normalized spacial score (nSPS) is 16.7. The van der Waals surface area contributed by atoms with Crippen molar-refractivity contribution in [1.82, 2.24) is 9.62 Å². The highest BCUT2D eigenvalue weighted by molar-refractivity contribution is 7.89. The SMILES string of the molecule is Cc1cccc(S(=O)(=O)NCC2CCN(C(=O)OC(C)(C)C)CC2)c1. The summed E-state index contributed by atoms with van der Waals surface area (Å²) in [6.07, 6.45) is 1.22. The lowest BCUT2D eigenvalue weighted by Gasteiger charge is -2.33. The Morgan fingerprint density at radius 1 is 1.28 bits per heavy atom. The lowest BCUT2D eigenvalue weighted by atomic mass is 9.97. The minimum atomic E-state index is -3.49. The third-order valence-corrected chi connectivity index (χ3v) is 5.55. The first kappa shape index (κ1) is 19.7. The fourth-order valence-electron chi connectivity index (χ4n) is 2.74. The first-order valence-electron chi connectivity index (χ1n) is 8.61. The van der Waals surface area contributed by atoms with Gasteiger partial charge in [-0.2, -0.15) is 0 Å². The number of hydrogen-bond donors (Lipinski definition) is 1. The first-order valence-corrected chi connectivity index (χ1v) is 10.1. The van der Waals surface area contributed by atoms with Gasteiger partial charge >= 0.3 is 6.09 Å². The molecule has 7 heteroatoms. The van der Waals surface area contributed by atoms with Crippen LogP contribution in [-0.4, -0.2) is 44.6 Å². The Morgan fingerprint density at radius 3 is 2.48 bits per heavy atom. The van der Waals surface area contributed by atoms with Gasteiger partial charge in [-0.15, -0.1) is 0 Å². The third kappa shape index (κ3) is 6.01. The zero-order valence-electron chi connectivity index (χ0n) is 15.4. The Kier molecular flexibility index (Phi) is 6.11. The van der Waals surface area contributed by atoms with E-state index >= 15 is 0 Å². The number of nitrogens with one attached hydrogen (secondary N) is 1. The summed E-state index contributed by atoms with van der Waals surface area (Å²) in [5.41, 5.74) is 0.408. The molecule has 0 saturated carbocycles. The van der Waals surface area contributed by atoms with Gasteiger partial charge < -0.3 is 9.64 Å². The van der Waals surface area contributed by atoms with Crippen molar-refractivity contribution in [2.75, 3.05) is 19.6 Å². The Hall–Kier alpha value is -1.60. The molecule has 140 valence electrons. The van der Waals surface area contributed by atoms with Crippen molar-refractivity contribution in [3.05, 3.63) is 29.8 Å². The smallest absolute Gasteiger partial charge is 0.410 e. The molecule has 0 atom stereocenters. The fourth-order valence-corrected chi connectivity index (χ4v) is 3.96. The van der Waals surface area contributed by atoms with Crippen LogP contribution in [0.25, 0.3) is 0 Å². The largest absolute Gasteiger partial charge is 0.444 e. The zero-order chi connectivity index (χ0) is 18.7. The fraction of sp³-hybridized carbons (Fsp3) is 0.611. The summed E-state index contributed by atoms with van der Waals surface area (Å²) in [6.45, 7) is 8.97. The molecule has 0 spiro atoms. The molecule has 1 aromatic carbocycles. The minimum Gasteiger partial charge on any atom is -0.444 e. The number of carbonyl (C=O) groups excluding carboxylic acids is 1. The molecule has 0 aromatic heterocycles. The molecular weight excluding hydrogens is 340 g/mol. The number of sulfonamides is 1. The summed E-state index contributed by atoms with van der Waals surface area (Å²) < 4.78 is 32.8. The highest BCUT2D eigenvalue weighted by Crippen LogP contribution is 2.20. The van der Waals surface area contributed by atoms with E-state index in [1.54, 1.807) is 23.1 Å². The molecule has 1 amide bonds. The molecule has 0 radical (unpaired) electrons. The summed E-state index contributed by atoms with van der Waals surface area (Å²) in [5.74, 6) is 0.221. The van der Waals surface area contributed by atoms with Crippen molar-refractivity contribution in [2.24, 2.45) is 5.92 Å². The minimum absolute atomic E-state index is 0.221. The molecule has 1 N–H and O–H groups in total. The van der Waals surface area contributed by atoms with E-state index in [0.717, 1.165) is 18.4 Å². The molecule has 25 heavy (non-hydrogen) atoms. The third-order valence-electron chi connectivity index (χ3n) is 4.13. The van der Waals surface area contributed by atoms with E-state index in [9.17, 15) is 13.2 Å². The van der Waals surface area contributed by atoms with Crippen LogP contribution in [0.3, 0.4) is 0 Å². The zero-order valence-corrected chi connectivity index (χ0v) is 16.2. The monoisotopic (exact) mass is 368 g/mol. The number of carbonyl (C=O) groups is 1. The lowest BCUT2D eigenvalue weighted by Crippen LogP contribution is -2.43. The summed E-state index contributed by atoms with van der Waals surface area (Å²) >= 11 is 0. The molecule has 1 fully saturated rings. The van der Waals surface area contributed by atoms with Crippen molar-refractivity contribution in [3.63, 3.8) is 0 Å².